The van der Waals surface area contributed by atoms with Gasteiger partial charge in [0.25, 0.3) is 0 Å². The van der Waals surface area contributed by atoms with Crippen LogP contribution >= 0.6 is 0 Å². The zero-order valence-electron chi connectivity index (χ0n) is 16.7. The van der Waals surface area contributed by atoms with Crippen molar-refractivity contribution in [3.8, 4) is 5.88 Å². The summed E-state index contributed by atoms with van der Waals surface area (Å²) >= 11 is 0. The fourth-order valence-corrected chi connectivity index (χ4v) is 4.54. The lowest BCUT2D eigenvalue weighted by Gasteiger charge is -2.33. The first-order valence-corrected chi connectivity index (χ1v) is 11.6. The second-order valence-corrected chi connectivity index (χ2v) is 9.66. The number of benzene rings is 1. The summed E-state index contributed by atoms with van der Waals surface area (Å²) in [5.74, 6) is 0.468. The lowest BCUT2D eigenvalue weighted by Crippen LogP contribution is -2.47. The summed E-state index contributed by atoms with van der Waals surface area (Å²) in [4.78, 5) is 19.3. The molecule has 1 atom stereocenters. The smallest absolute Gasteiger partial charge is 0.242 e. The number of nitrogens with one attached hydrogen (secondary N) is 1. The van der Waals surface area contributed by atoms with Gasteiger partial charge in [-0.3, -0.25) is 9.69 Å². The van der Waals surface area contributed by atoms with Gasteiger partial charge in [-0.15, -0.1) is 0 Å². The molecule has 29 heavy (non-hydrogen) atoms. The van der Waals surface area contributed by atoms with Crippen LogP contribution in [-0.2, 0) is 21.2 Å². The number of rotatable bonds is 7. The molecule has 1 fully saturated rings. The van der Waals surface area contributed by atoms with Crippen LogP contribution in [0.3, 0.4) is 0 Å². The van der Waals surface area contributed by atoms with Crippen molar-refractivity contribution in [1.82, 2.24) is 15.2 Å². The van der Waals surface area contributed by atoms with E-state index < -0.39 is 15.9 Å². The van der Waals surface area contributed by atoms with Gasteiger partial charge in [0.2, 0.25) is 11.8 Å². The molecule has 0 saturated carbocycles. The molecule has 1 aromatic carbocycles. The topological polar surface area (TPSA) is 88.6 Å². The van der Waals surface area contributed by atoms with E-state index in [1.807, 2.05) is 55.1 Å². The van der Waals surface area contributed by atoms with Crippen molar-refractivity contribution in [1.29, 1.82) is 0 Å². The van der Waals surface area contributed by atoms with Gasteiger partial charge in [0.05, 0.1) is 17.6 Å². The molecule has 2 heterocycles. The number of amides is 1. The maximum atomic E-state index is 13.1. The molecule has 1 unspecified atom stereocenters. The summed E-state index contributed by atoms with van der Waals surface area (Å²) in [5, 5.41) is 2.98. The highest BCUT2D eigenvalue weighted by Gasteiger charge is 2.32. The second kappa shape index (κ2) is 9.37. The molecule has 2 aromatic rings. The lowest BCUT2D eigenvalue weighted by atomic mass is 10.0. The Labute approximate surface area is 172 Å². The SMILES string of the molecule is CC(C)Oc1ncccc1CNC(=O)C(c1ccccc1)N1CCS(=O)(=O)CC1. The average molecular weight is 418 g/mol. The van der Waals surface area contributed by atoms with Gasteiger partial charge >= 0.3 is 0 Å². The van der Waals surface area contributed by atoms with Crippen LogP contribution in [-0.4, -0.2) is 54.9 Å². The van der Waals surface area contributed by atoms with E-state index in [9.17, 15) is 13.2 Å². The van der Waals surface area contributed by atoms with Crippen LogP contribution in [0, 0.1) is 0 Å². The molecule has 7 nitrogen and oxygen atoms in total. The standard InChI is InChI=1S/C21H27N3O4S/c1-16(2)28-21-18(9-6-10-22-21)15-23-20(25)19(17-7-4-3-5-8-17)24-11-13-29(26,27)14-12-24/h3-10,16,19H,11-15H2,1-2H3,(H,23,25). The number of hydrogen-bond acceptors (Lipinski definition) is 6. The van der Waals surface area contributed by atoms with Crippen molar-refractivity contribution in [2.45, 2.75) is 32.5 Å². The molecule has 156 valence electrons. The first-order chi connectivity index (χ1) is 13.9. The van der Waals surface area contributed by atoms with Gasteiger partial charge < -0.3 is 10.1 Å². The summed E-state index contributed by atoms with van der Waals surface area (Å²) in [7, 11) is -3.03. The third kappa shape index (κ3) is 5.77. The quantitative estimate of drug-likeness (QED) is 0.741. The Morgan fingerprint density at radius 3 is 2.48 bits per heavy atom. The van der Waals surface area contributed by atoms with E-state index in [-0.39, 0.29) is 30.1 Å². The maximum Gasteiger partial charge on any atom is 0.242 e. The van der Waals surface area contributed by atoms with Crippen molar-refractivity contribution in [2.75, 3.05) is 24.6 Å². The minimum atomic E-state index is -3.03. The third-order valence-electron chi connectivity index (χ3n) is 4.76. The summed E-state index contributed by atoms with van der Waals surface area (Å²) in [6.45, 7) is 4.80. The van der Waals surface area contributed by atoms with Crippen LogP contribution < -0.4 is 10.1 Å². The highest BCUT2D eigenvalue weighted by Crippen LogP contribution is 2.24. The van der Waals surface area contributed by atoms with Crippen molar-refractivity contribution in [3.63, 3.8) is 0 Å². The summed E-state index contributed by atoms with van der Waals surface area (Å²) in [5.41, 5.74) is 1.64. The predicted octanol–water partition coefficient (Wildman–Crippen LogP) is 1.96. The first kappa shape index (κ1) is 21.3. The normalized spacial score (nSPS) is 17.6. The molecule has 1 amide bonds. The molecule has 8 heteroatoms. The van der Waals surface area contributed by atoms with E-state index in [0.29, 0.717) is 19.0 Å². The number of carbonyl (C=O) groups is 1. The molecule has 3 rings (SSSR count). The molecule has 0 spiro atoms. The Kier molecular flexibility index (Phi) is 6.87. The largest absolute Gasteiger partial charge is 0.475 e. The molecule has 0 radical (unpaired) electrons. The molecule has 1 aromatic heterocycles. The van der Waals surface area contributed by atoms with Gasteiger partial charge in [-0.2, -0.15) is 0 Å². The maximum absolute atomic E-state index is 13.1. The van der Waals surface area contributed by atoms with Crippen LogP contribution in [0.5, 0.6) is 5.88 Å². The minimum absolute atomic E-state index is 0.0216. The fraction of sp³-hybridized carbons (Fsp3) is 0.429. The first-order valence-electron chi connectivity index (χ1n) is 9.73. The number of pyridine rings is 1. The molecule has 1 aliphatic heterocycles. The van der Waals surface area contributed by atoms with Gasteiger partial charge in [-0.1, -0.05) is 36.4 Å². The van der Waals surface area contributed by atoms with Gasteiger partial charge in [0, 0.05) is 31.4 Å². The Hall–Kier alpha value is -2.45. The van der Waals surface area contributed by atoms with Crippen molar-refractivity contribution in [2.24, 2.45) is 0 Å². The minimum Gasteiger partial charge on any atom is -0.475 e. The highest BCUT2D eigenvalue weighted by atomic mass is 32.2. The van der Waals surface area contributed by atoms with Crippen LogP contribution in [0.15, 0.2) is 48.7 Å². The molecule has 0 aliphatic carbocycles. The zero-order valence-corrected chi connectivity index (χ0v) is 17.6. The van der Waals surface area contributed by atoms with E-state index in [2.05, 4.69) is 10.3 Å². The van der Waals surface area contributed by atoms with Gasteiger partial charge in [-0.05, 0) is 25.5 Å². The Balaban J connectivity index is 1.76. The lowest BCUT2D eigenvalue weighted by molar-refractivity contribution is -0.126. The Morgan fingerprint density at radius 1 is 1.14 bits per heavy atom. The molecule has 1 aliphatic rings. The fourth-order valence-electron chi connectivity index (χ4n) is 3.32. The van der Waals surface area contributed by atoms with Crippen LogP contribution in [0.2, 0.25) is 0 Å². The van der Waals surface area contributed by atoms with E-state index in [4.69, 9.17) is 4.74 Å². The highest BCUT2D eigenvalue weighted by molar-refractivity contribution is 7.91. The predicted molar refractivity (Wildman–Crippen MR) is 111 cm³/mol. The number of aromatic nitrogens is 1. The molecule has 0 bridgehead atoms. The molecular formula is C21H27N3O4S. The van der Waals surface area contributed by atoms with Crippen LogP contribution in [0.1, 0.15) is 31.0 Å². The third-order valence-corrected chi connectivity index (χ3v) is 6.37. The summed E-state index contributed by atoms with van der Waals surface area (Å²) in [6.07, 6.45) is 1.64. The average Bonchev–Trinajstić information content (AvgIpc) is 2.69. The Bertz CT molecular complexity index is 918. The summed E-state index contributed by atoms with van der Waals surface area (Å²) < 4.78 is 29.3. The monoisotopic (exact) mass is 417 g/mol. The number of carbonyl (C=O) groups excluding carboxylic acids is 1. The number of ether oxygens (including phenoxy) is 1. The van der Waals surface area contributed by atoms with Crippen molar-refractivity contribution >= 4 is 15.7 Å². The zero-order chi connectivity index (χ0) is 20.9. The van der Waals surface area contributed by atoms with E-state index >= 15 is 0 Å². The van der Waals surface area contributed by atoms with Crippen molar-refractivity contribution < 1.29 is 17.9 Å². The molecular weight excluding hydrogens is 390 g/mol. The van der Waals surface area contributed by atoms with Crippen molar-refractivity contribution in [3.05, 3.63) is 59.8 Å². The Morgan fingerprint density at radius 2 is 1.83 bits per heavy atom. The van der Waals surface area contributed by atoms with Gasteiger partial charge in [-0.25, -0.2) is 13.4 Å². The van der Waals surface area contributed by atoms with Gasteiger partial charge in [0.15, 0.2) is 9.84 Å². The molecule has 1 saturated heterocycles. The van der Waals surface area contributed by atoms with E-state index in [1.54, 1.807) is 12.3 Å². The van der Waals surface area contributed by atoms with E-state index in [0.717, 1.165) is 11.1 Å². The number of sulfone groups is 1. The molecule has 1 N–H and O–H groups in total. The van der Waals surface area contributed by atoms with Crippen LogP contribution in [0.4, 0.5) is 0 Å². The number of nitrogens with zero attached hydrogens (tertiary/aromatic N) is 2. The summed E-state index contributed by atoms with van der Waals surface area (Å²) in [6, 6.07) is 12.6. The van der Waals surface area contributed by atoms with E-state index in [1.165, 1.54) is 0 Å². The van der Waals surface area contributed by atoms with Crippen LogP contribution in [0.25, 0.3) is 0 Å². The van der Waals surface area contributed by atoms with Gasteiger partial charge in [0.1, 0.15) is 6.04 Å². The number of hydrogen-bond donors (Lipinski definition) is 1. The second-order valence-electron chi connectivity index (χ2n) is 7.35.